The molecule has 0 bridgehead atoms. The molecule has 1 aromatic carbocycles. The standard InChI is InChI=1S/C14H14BrClN2O/c1-9(2)18-14(12(16)8-17-18)13(19)7-10-5-3-4-6-11(10)15/h3-6,8-9H,7H2,1-2H3. The highest BCUT2D eigenvalue weighted by molar-refractivity contribution is 9.10. The van der Waals surface area contributed by atoms with Crippen LogP contribution in [0, 0.1) is 0 Å². The van der Waals surface area contributed by atoms with Crippen LogP contribution in [0.2, 0.25) is 5.02 Å². The molecule has 5 heteroatoms. The Hall–Kier alpha value is -1.13. The molecule has 0 radical (unpaired) electrons. The predicted octanol–water partition coefficient (Wildman–Crippen LogP) is 4.31. The molecule has 2 aromatic rings. The van der Waals surface area contributed by atoms with E-state index in [-0.39, 0.29) is 11.8 Å². The van der Waals surface area contributed by atoms with Gasteiger partial charge in [-0.15, -0.1) is 0 Å². The molecule has 100 valence electrons. The number of Topliss-reactive ketones (excluding diaryl/α,β-unsaturated/α-hetero) is 1. The number of benzene rings is 1. The van der Waals surface area contributed by atoms with Crippen LogP contribution >= 0.6 is 27.5 Å². The summed E-state index contributed by atoms with van der Waals surface area (Å²) in [7, 11) is 0. The van der Waals surface area contributed by atoms with Gasteiger partial charge in [-0.3, -0.25) is 9.48 Å². The van der Waals surface area contributed by atoms with E-state index in [1.165, 1.54) is 6.20 Å². The van der Waals surface area contributed by atoms with E-state index < -0.39 is 0 Å². The normalized spacial score (nSPS) is 11.0. The summed E-state index contributed by atoms with van der Waals surface area (Å²) in [6, 6.07) is 7.78. The smallest absolute Gasteiger partial charge is 0.186 e. The molecule has 0 aliphatic rings. The van der Waals surface area contributed by atoms with Gasteiger partial charge in [0.1, 0.15) is 5.69 Å². The van der Waals surface area contributed by atoms with Crippen LogP contribution in [-0.4, -0.2) is 15.6 Å². The molecule has 0 unspecified atom stereocenters. The Morgan fingerprint density at radius 2 is 2.11 bits per heavy atom. The first-order chi connectivity index (χ1) is 9.00. The van der Waals surface area contributed by atoms with Crippen molar-refractivity contribution in [3.8, 4) is 0 Å². The quantitative estimate of drug-likeness (QED) is 0.777. The summed E-state index contributed by atoms with van der Waals surface area (Å²) in [5.74, 6) is -0.0249. The number of halogens is 2. The average Bonchev–Trinajstić information content (AvgIpc) is 2.74. The highest BCUT2D eigenvalue weighted by atomic mass is 79.9. The molecule has 0 N–H and O–H groups in total. The number of carbonyl (C=O) groups is 1. The second kappa shape index (κ2) is 5.88. The van der Waals surface area contributed by atoms with E-state index in [0.717, 1.165) is 10.0 Å². The third-order valence-corrected chi connectivity index (χ3v) is 3.86. The molecular weight excluding hydrogens is 328 g/mol. The number of carbonyl (C=O) groups excluding carboxylic acids is 1. The van der Waals surface area contributed by atoms with Gasteiger partial charge in [-0.2, -0.15) is 5.10 Å². The lowest BCUT2D eigenvalue weighted by Crippen LogP contribution is -2.15. The Morgan fingerprint density at radius 1 is 1.42 bits per heavy atom. The van der Waals surface area contributed by atoms with Gasteiger partial charge in [-0.1, -0.05) is 45.7 Å². The Morgan fingerprint density at radius 3 is 2.74 bits per heavy atom. The number of hydrogen-bond donors (Lipinski definition) is 0. The maximum absolute atomic E-state index is 12.4. The minimum absolute atomic E-state index is 0.0249. The van der Waals surface area contributed by atoms with Gasteiger partial charge in [-0.05, 0) is 25.5 Å². The SMILES string of the molecule is CC(C)n1ncc(Cl)c1C(=O)Cc1ccccc1Br. The Balaban J connectivity index is 2.31. The number of hydrogen-bond acceptors (Lipinski definition) is 2. The third-order valence-electron chi connectivity index (χ3n) is 2.81. The molecule has 0 saturated carbocycles. The third kappa shape index (κ3) is 3.07. The van der Waals surface area contributed by atoms with Crippen molar-refractivity contribution in [2.24, 2.45) is 0 Å². The van der Waals surface area contributed by atoms with Crippen molar-refractivity contribution in [3.63, 3.8) is 0 Å². The molecule has 19 heavy (non-hydrogen) atoms. The lowest BCUT2D eigenvalue weighted by atomic mass is 10.1. The number of ketones is 1. The van der Waals surface area contributed by atoms with Crippen molar-refractivity contribution in [2.75, 3.05) is 0 Å². The summed E-state index contributed by atoms with van der Waals surface area (Å²) < 4.78 is 2.59. The summed E-state index contributed by atoms with van der Waals surface area (Å²) in [4.78, 5) is 12.4. The van der Waals surface area contributed by atoms with Crippen molar-refractivity contribution in [1.82, 2.24) is 9.78 Å². The largest absolute Gasteiger partial charge is 0.292 e. The Bertz CT molecular complexity index is 607. The minimum atomic E-state index is -0.0249. The summed E-state index contributed by atoms with van der Waals surface area (Å²) >= 11 is 9.52. The molecule has 1 heterocycles. The van der Waals surface area contributed by atoms with Gasteiger partial charge in [0, 0.05) is 16.9 Å². The van der Waals surface area contributed by atoms with Crippen molar-refractivity contribution in [3.05, 3.63) is 51.2 Å². The van der Waals surface area contributed by atoms with Crippen molar-refractivity contribution in [1.29, 1.82) is 0 Å². The van der Waals surface area contributed by atoms with Crippen molar-refractivity contribution in [2.45, 2.75) is 26.3 Å². The molecule has 1 aromatic heterocycles. The van der Waals surface area contributed by atoms with E-state index in [2.05, 4.69) is 21.0 Å². The Labute approximate surface area is 125 Å². The molecule has 0 fully saturated rings. The first kappa shape index (κ1) is 14.3. The van der Waals surface area contributed by atoms with Crippen LogP contribution in [0.1, 0.15) is 35.9 Å². The lowest BCUT2D eigenvalue weighted by Gasteiger charge is -2.11. The van der Waals surface area contributed by atoms with Gasteiger partial charge < -0.3 is 0 Å². The molecule has 0 saturated heterocycles. The topological polar surface area (TPSA) is 34.9 Å². The van der Waals surface area contributed by atoms with E-state index in [1.807, 2.05) is 38.1 Å². The highest BCUT2D eigenvalue weighted by Gasteiger charge is 2.19. The molecule has 2 rings (SSSR count). The van der Waals surface area contributed by atoms with Gasteiger partial charge in [0.15, 0.2) is 5.78 Å². The fourth-order valence-electron chi connectivity index (χ4n) is 1.89. The van der Waals surface area contributed by atoms with Gasteiger partial charge in [-0.25, -0.2) is 0 Å². The molecule has 3 nitrogen and oxygen atoms in total. The second-order valence-corrected chi connectivity index (χ2v) is 5.83. The fourth-order valence-corrected chi connectivity index (χ4v) is 2.55. The van der Waals surface area contributed by atoms with Gasteiger partial charge in [0.25, 0.3) is 0 Å². The zero-order valence-corrected chi connectivity index (χ0v) is 13.1. The number of rotatable bonds is 4. The zero-order valence-electron chi connectivity index (χ0n) is 10.7. The first-order valence-electron chi connectivity index (χ1n) is 6.00. The Kier molecular flexibility index (Phi) is 4.42. The van der Waals surface area contributed by atoms with Crippen molar-refractivity contribution >= 4 is 33.3 Å². The van der Waals surface area contributed by atoms with Crippen LogP contribution in [0.15, 0.2) is 34.9 Å². The number of aromatic nitrogens is 2. The van der Waals surface area contributed by atoms with Gasteiger partial charge in [0.2, 0.25) is 0 Å². The van der Waals surface area contributed by atoms with Gasteiger partial charge >= 0.3 is 0 Å². The van der Waals surface area contributed by atoms with Crippen LogP contribution in [0.5, 0.6) is 0 Å². The van der Waals surface area contributed by atoms with Crippen molar-refractivity contribution < 1.29 is 4.79 Å². The molecule has 0 atom stereocenters. The van der Waals surface area contributed by atoms with Crippen LogP contribution in [0.3, 0.4) is 0 Å². The summed E-state index contributed by atoms with van der Waals surface area (Å²) in [6.45, 7) is 3.94. The molecule has 0 aliphatic carbocycles. The van der Waals surface area contributed by atoms with E-state index in [1.54, 1.807) is 4.68 Å². The average molecular weight is 342 g/mol. The maximum Gasteiger partial charge on any atom is 0.186 e. The highest BCUT2D eigenvalue weighted by Crippen LogP contribution is 2.23. The van der Waals surface area contributed by atoms with E-state index >= 15 is 0 Å². The van der Waals surface area contributed by atoms with Crippen LogP contribution < -0.4 is 0 Å². The first-order valence-corrected chi connectivity index (χ1v) is 7.17. The van der Waals surface area contributed by atoms with Crippen LogP contribution in [0.25, 0.3) is 0 Å². The van der Waals surface area contributed by atoms with E-state index in [9.17, 15) is 4.79 Å². The molecule has 0 aliphatic heterocycles. The van der Waals surface area contributed by atoms with E-state index in [0.29, 0.717) is 17.1 Å². The monoisotopic (exact) mass is 340 g/mol. The predicted molar refractivity (Wildman–Crippen MR) is 79.8 cm³/mol. The maximum atomic E-state index is 12.4. The molecule has 0 amide bonds. The van der Waals surface area contributed by atoms with Crippen LogP contribution in [0.4, 0.5) is 0 Å². The minimum Gasteiger partial charge on any atom is -0.292 e. The lowest BCUT2D eigenvalue weighted by molar-refractivity contribution is 0.0981. The van der Waals surface area contributed by atoms with E-state index in [4.69, 9.17) is 11.6 Å². The fraction of sp³-hybridized carbons (Fsp3) is 0.286. The number of nitrogens with zero attached hydrogens (tertiary/aromatic N) is 2. The molecular formula is C14H14BrClN2O. The van der Waals surface area contributed by atoms with Crippen LogP contribution in [-0.2, 0) is 6.42 Å². The van der Waals surface area contributed by atoms with Gasteiger partial charge in [0.05, 0.1) is 11.2 Å². The second-order valence-electron chi connectivity index (χ2n) is 4.57. The summed E-state index contributed by atoms with van der Waals surface area (Å²) in [5, 5.41) is 4.56. The summed E-state index contributed by atoms with van der Waals surface area (Å²) in [5.41, 5.74) is 1.42. The zero-order chi connectivity index (χ0) is 14.0. The molecule has 0 spiro atoms. The summed E-state index contributed by atoms with van der Waals surface area (Å²) in [6.07, 6.45) is 1.83.